The number of hydrogen-bond acceptors (Lipinski definition) is 2. The minimum atomic E-state index is -4.75. The second-order valence-corrected chi connectivity index (χ2v) is 2.13. The quantitative estimate of drug-likeness (QED) is 0.615. The van der Waals surface area contributed by atoms with Gasteiger partial charge in [-0.05, 0) is 0 Å². The van der Waals surface area contributed by atoms with Gasteiger partial charge in [0.15, 0.2) is 6.67 Å². The molecule has 76 valence electrons. The third-order valence-corrected chi connectivity index (χ3v) is 1.24. The predicted octanol–water partition coefficient (Wildman–Crippen LogP) is 2.33. The highest BCUT2D eigenvalue weighted by atomic mass is 19.3. The van der Waals surface area contributed by atoms with Gasteiger partial charge in [-0.2, -0.15) is 22.0 Å². The lowest BCUT2D eigenvalue weighted by atomic mass is 10.3. The molecule has 1 aliphatic heterocycles. The fourth-order valence-corrected chi connectivity index (χ4v) is 0.602. The number of alkyl halides is 4. The molecular weight excluding hydrogens is 206 g/mol. The standard InChI is InChI=1S/C5H2F6O2/c6-1-4(9)5(10,11)13-3(12-4)2(7)8/h1H2. The molecule has 13 heavy (non-hydrogen) atoms. The molecule has 1 unspecified atom stereocenters. The maximum atomic E-state index is 12.6. The van der Waals surface area contributed by atoms with Gasteiger partial charge in [-0.1, -0.05) is 0 Å². The lowest BCUT2D eigenvalue weighted by molar-refractivity contribution is -0.292. The summed E-state index contributed by atoms with van der Waals surface area (Å²) in [6, 6.07) is 0. The van der Waals surface area contributed by atoms with E-state index in [1.165, 1.54) is 0 Å². The monoisotopic (exact) mass is 208 g/mol. The van der Waals surface area contributed by atoms with Crippen molar-refractivity contribution in [2.45, 2.75) is 12.0 Å². The first-order valence-electron chi connectivity index (χ1n) is 2.88. The average molecular weight is 208 g/mol. The molecular formula is C5H2F6O2. The molecule has 0 aromatic rings. The van der Waals surface area contributed by atoms with Gasteiger partial charge in [-0.3, -0.25) is 0 Å². The SMILES string of the molecule is FCC1(F)OC(=C(F)F)OC1(F)F. The lowest BCUT2D eigenvalue weighted by Gasteiger charge is -2.17. The minimum absolute atomic E-state index is 2.00. The fourth-order valence-electron chi connectivity index (χ4n) is 0.602. The first kappa shape index (κ1) is 10.0. The highest BCUT2D eigenvalue weighted by molar-refractivity contribution is 4.97. The molecule has 1 atom stereocenters. The van der Waals surface area contributed by atoms with Crippen LogP contribution in [0.25, 0.3) is 0 Å². The van der Waals surface area contributed by atoms with Crippen LogP contribution in [0.15, 0.2) is 12.0 Å². The van der Waals surface area contributed by atoms with Crippen LogP contribution in [0.5, 0.6) is 0 Å². The summed E-state index contributed by atoms with van der Waals surface area (Å²) in [7, 11) is 0. The predicted molar refractivity (Wildman–Crippen MR) is 26.2 cm³/mol. The molecule has 0 aromatic heterocycles. The Morgan fingerprint density at radius 1 is 1.15 bits per heavy atom. The van der Waals surface area contributed by atoms with E-state index in [0.29, 0.717) is 0 Å². The van der Waals surface area contributed by atoms with E-state index in [4.69, 9.17) is 0 Å². The van der Waals surface area contributed by atoms with Gasteiger partial charge >= 0.3 is 24.0 Å². The van der Waals surface area contributed by atoms with Crippen LogP contribution in [0.1, 0.15) is 0 Å². The summed E-state index contributed by atoms with van der Waals surface area (Å²) >= 11 is 0. The molecule has 1 heterocycles. The van der Waals surface area contributed by atoms with Crippen molar-refractivity contribution < 1.29 is 35.8 Å². The molecule has 1 rings (SSSR count). The molecule has 1 fully saturated rings. The van der Waals surface area contributed by atoms with Crippen LogP contribution in [0.3, 0.4) is 0 Å². The van der Waals surface area contributed by atoms with Gasteiger partial charge in [0, 0.05) is 0 Å². The van der Waals surface area contributed by atoms with E-state index in [1.807, 2.05) is 0 Å². The van der Waals surface area contributed by atoms with E-state index in [-0.39, 0.29) is 0 Å². The van der Waals surface area contributed by atoms with E-state index < -0.39 is 30.7 Å². The van der Waals surface area contributed by atoms with Crippen LogP contribution in [0.2, 0.25) is 0 Å². The normalized spacial score (nSPS) is 31.1. The van der Waals surface area contributed by atoms with Gasteiger partial charge in [0.1, 0.15) is 0 Å². The molecule has 1 saturated heterocycles. The van der Waals surface area contributed by atoms with E-state index in [0.717, 1.165) is 0 Å². The molecule has 0 saturated carbocycles. The summed E-state index contributed by atoms with van der Waals surface area (Å²) in [6.45, 7) is -2.29. The molecule has 2 nitrogen and oxygen atoms in total. The highest BCUT2D eigenvalue weighted by Crippen LogP contribution is 2.45. The van der Waals surface area contributed by atoms with Gasteiger partial charge in [0.05, 0.1) is 0 Å². The maximum absolute atomic E-state index is 12.6. The second kappa shape index (κ2) is 2.71. The Bertz CT molecular complexity index is 247. The first-order chi connectivity index (χ1) is 5.82. The number of halogens is 6. The van der Waals surface area contributed by atoms with Crippen molar-refractivity contribution >= 4 is 0 Å². The molecule has 0 amide bonds. The lowest BCUT2D eigenvalue weighted by Crippen LogP contribution is -2.43. The smallest absolute Gasteiger partial charge is 0.412 e. The number of rotatable bonds is 1. The zero-order valence-electron chi connectivity index (χ0n) is 5.79. The first-order valence-corrected chi connectivity index (χ1v) is 2.88. The number of hydrogen-bond donors (Lipinski definition) is 0. The topological polar surface area (TPSA) is 18.5 Å². The van der Waals surface area contributed by atoms with Gasteiger partial charge in [0.2, 0.25) is 0 Å². The molecule has 8 heteroatoms. The van der Waals surface area contributed by atoms with Crippen molar-refractivity contribution in [1.29, 1.82) is 0 Å². The summed E-state index contributed by atoms with van der Waals surface area (Å²) < 4.78 is 78.3. The van der Waals surface area contributed by atoms with Crippen molar-refractivity contribution in [3.8, 4) is 0 Å². The summed E-state index contributed by atoms with van der Waals surface area (Å²) in [6.07, 6.45) is -7.53. The van der Waals surface area contributed by atoms with Gasteiger partial charge in [0.25, 0.3) is 0 Å². The van der Waals surface area contributed by atoms with Crippen molar-refractivity contribution in [1.82, 2.24) is 0 Å². The van der Waals surface area contributed by atoms with Gasteiger partial charge in [-0.25, -0.2) is 4.39 Å². The van der Waals surface area contributed by atoms with E-state index in [1.54, 1.807) is 0 Å². The highest BCUT2D eigenvalue weighted by Gasteiger charge is 2.68. The average Bonchev–Trinajstić information content (AvgIpc) is 2.24. The van der Waals surface area contributed by atoms with Crippen LogP contribution in [-0.4, -0.2) is 18.6 Å². The Hall–Kier alpha value is -1.08. The molecule has 0 spiro atoms. The second-order valence-electron chi connectivity index (χ2n) is 2.13. The van der Waals surface area contributed by atoms with Crippen molar-refractivity contribution in [2.75, 3.05) is 6.67 Å². The van der Waals surface area contributed by atoms with Crippen molar-refractivity contribution in [3.63, 3.8) is 0 Å². The van der Waals surface area contributed by atoms with Crippen LogP contribution < -0.4 is 0 Å². The molecule has 0 aromatic carbocycles. The zero-order valence-corrected chi connectivity index (χ0v) is 5.79. The molecule has 0 N–H and O–H groups in total. The summed E-state index contributed by atoms with van der Waals surface area (Å²) in [4.78, 5) is 0. The molecule has 0 bridgehead atoms. The van der Waals surface area contributed by atoms with Crippen molar-refractivity contribution in [3.05, 3.63) is 12.0 Å². The third-order valence-electron chi connectivity index (χ3n) is 1.24. The summed E-state index contributed by atoms with van der Waals surface area (Å²) in [5.74, 6) is -6.17. The largest absolute Gasteiger partial charge is 0.476 e. The van der Waals surface area contributed by atoms with Gasteiger partial charge in [-0.15, -0.1) is 0 Å². The van der Waals surface area contributed by atoms with E-state index in [9.17, 15) is 26.3 Å². The van der Waals surface area contributed by atoms with Gasteiger partial charge < -0.3 is 9.47 Å². The van der Waals surface area contributed by atoms with Crippen LogP contribution in [0.4, 0.5) is 26.3 Å². The van der Waals surface area contributed by atoms with Crippen LogP contribution in [-0.2, 0) is 9.47 Å². The Morgan fingerprint density at radius 3 is 1.92 bits per heavy atom. The maximum Gasteiger partial charge on any atom is 0.476 e. The Balaban J connectivity index is 2.99. The van der Waals surface area contributed by atoms with Crippen LogP contribution >= 0.6 is 0 Å². The Morgan fingerprint density at radius 2 is 1.69 bits per heavy atom. The Labute approximate surface area is 67.7 Å². The van der Waals surface area contributed by atoms with Crippen LogP contribution in [0, 0.1) is 0 Å². The fraction of sp³-hybridized carbons (Fsp3) is 0.600. The van der Waals surface area contributed by atoms with E-state index in [2.05, 4.69) is 9.47 Å². The molecule has 0 radical (unpaired) electrons. The summed E-state index contributed by atoms with van der Waals surface area (Å²) in [5, 5.41) is 0. The molecule has 0 aliphatic carbocycles. The number of ether oxygens (including phenoxy) is 2. The Kier molecular flexibility index (Phi) is 2.08. The van der Waals surface area contributed by atoms with E-state index >= 15 is 0 Å². The van der Waals surface area contributed by atoms with Crippen molar-refractivity contribution in [2.24, 2.45) is 0 Å². The summed E-state index contributed by atoms with van der Waals surface area (Å²) in [5.41, 5.74) is 0. The zero-order chi connectivity index (χ0) is 10.3. The third kappa shape index (κ3) is 1.40. The molecule has 1 aliphatic rings. The minimum Gasteiger partial charge on any atom is -0.412 e.